The molecular formula is C12H15ClN4O. The van der Waals surface area contributed by atoms with Gasteiger partial charge in [0, 0.05) is 12.1 Å². The summed E-state index contributed by atoms with van der Waals surface area (Å²) in [6.45, 7) is 4.00. The Morgan fingerprint density at radius 3 is 2.83 bits per heavy atom. The van der Waals surface area contributed by atoms with E-state index < -0.39 is 0 Å². The zero-order valence-electron chi connectivity index (χ0n) is 10.4. The zero-order chi connectivity index (χ0) is 12.9. The molecule has 2 aliphatic rings. The number of aromatic nitrogens is 2. The number of fused-ring (bicyclic) bond motifs is 1. The Labute approximate surface area is 111 Å². The van der Waals surface area contributed by atoms with Crippen LogP contribution in [0.2, 0.25) is 5.28 Å². The van der Waals surface area contributed by atoms with Crippen LogP contribution in [0.1, 0.15) is 26.7 Å². The van der Waals surface area contributed by atoms with Crippen LogP contribution in [0.15, 0.2) is 6.20 Å². The van der Waals surface area contributed by atoms with Crippen LogP contribution in [0.3, 0.4) is 0 Å². The van der Waals surface area contributed by atoms with Crippen molar-refractivity contribution in [1.29, 1.82) is 0 Å². The summed E-state index contributed by atoms with van der Waals surface area (Å²) in [5.41, 5.74) is 0.660. The SMILES string of the molecule is CC1C(=O)Nc2cnc(Cl)nc2N(C2CC2)C1C. The number of nitrogens with one attached hydrogen (secondary N) is 1. The molecule has 1 aromatic rings. The second kappa shape index (κ2) is 4.09. The molecule has 1 fully saturated rings. The molecular weight excluding hydrogens is 252 g/mol. The molecule has 0 spiro atoms. The van der Waals surface area contributed by atoms with Gasteiger partial charge in [-0.25, -0.2) is 4.98 Å². The van der Waals surface area contributed by atoms with Gasteiger partial charge in [0.25, 0.3) is 0 Å². The van der Waals surface area contributed by atoms with Crippen LogP contribution in [0.5, 0.6) is 0 Å². The maximum absolute atomic E-state index is 12.0. The van der Waals surface area contributed by atoms with E-state index in [1.54, 1.807) is 6.20 Å². The summed E-state index contributed by atoms with van der Waals surface area (Å²) in [6, 6.07) is 0.588. The first-order valence-electron chi connectivity index (χ1n) is 6.19. The normalized spacial score (nSPS) is 27.5. The zero-order valence-corrected chi connectivity index (χ0v) is 11.1. The molecule has 96 valence electrons. The third-order valence-corrected chi connectivity index (χ3v) is 3.94. The molecule has 6 heteroatoms. The summed E-state index contributed by atoms with van der Waals surface area (Å²) >= 11 is 5.88. The van der Waals surface area contributed by atoms with E-state index in [0.29, 0.717) is 11.7 Å². The van der Waals surface area contributed by atoms with Crippen molar-refractivity contribution in [1.82, 2.24) is 9.97 Å². The molecule has 3 rings (SSSR count). The monoisotopic (exact) mass is 266 g/mol. The number of hydrogen-bond acceptors (Lipinski definition) is 4. The van der Waals surface area contributed by atoms with Crippen LogP contribution in [0, 0.1) is 5.92 Å². The first-order chi connectivity index (χ1) is 8.58. The van der Waals surface area contributed by atoms with E-state index >= 15 is 0 Å². The maximum Gasteiger partial charge on any atom is 0.229 e. The third kappa shape index (κ3) is 1.82. The molecule has 0 bridgehead atoms. The highest BCUT2D eigenvalue weighted by molar-refractivity contribution is 6.28. The molecule has 2 unspecified atom stereocenters. The van der Waals surface area contributed by atoms with E-state index in [4.69, 9.17) is 11.6 Å². The number of anilines is 2. The van der Waals surface area contributed by atoms with Crippen molar-refractivity contribution in [3.8, 4) is 0 Å². The van der Waals surface area contributed by atoms with Crippen molar-refractivity contribution in [2.75, 3.05) is 10.2 Å². The number of carbonyl (C=O) groups excluding carboxylic acids is 1. The van der Waals surface area contributed by atoms with E-state index in [0.717, 1.165) is 18.7 Å². The molecule has 0 radical (unpaired) electrons. The standard InChI is InChI=1S/C12H15ClN4O/c1-6-7(2)17(8-3-4-8)10-9(15-11(6)18)5-14-12(13)16-10/h5-8H,3-4H2,1-2H3,(H,15,18). The van der Waals surface area contributed by atoms with E-state index in [9.17, 15) is 4.79 Å². The fraction of sp³-hybridized carbons (Fsp3) is 0.583. The van der Waals surface area contributed by atoms with Crippen LogP contribution in [0.25, 0.3) is 0 Å². The summed E-state index contributed by atoms with van der Waals surface area (Å²) in [6.07, 6.45) is 3.88. The molecule has 18 heavy (non-hydrogen) atoms. The minimum absolute atomic E-state index is 0.0119. The lowest BCUT2D eigenvalue weighted by Gasteiger charge is -2.31. The van der Waals surface area contributed by atoms with Gasteiger partial charge in [0.2, 0.25) is 11.2 Å². The van der Waals surface area contributed by atoms with Gasteiger partial charge in [-0.2, -0.15) is 4.98 Å². The number of nitrogens with zero attached hydrogens (tertiary/aromatic N) is 3. The van der Waals surface area contributed by atoms with Gasteiger partial charge in [-0.3, -0.25) is 4.79 Å². The van der Waals surface area contributed by atoms with Crippen molar-refractivity contribution in [2.45, 2.75) is 38.8 Å². The Morgan fingerprint density at radius 2 is 2.17 bits per heavy atom. The molecule has 2 atom stereocenters. The Morgan fingerprint density at radius 1 is 1.44 bits per heavy atom. The van der Waals surface area contributed by atoms with Crippen LogP contribution < -0.4 is 10.2 Å². The molecule has 1 aliphatic heterocycles. The fourth-order valence-electron chi connectivity index (χ4n) is 2.39. The smallest absolute Gasteiger partial charge is 0.229 e. The lowest BCUT2D eigenvalue weighted by molar-refractivity contribution is -0.119. The second-order valence-corrected chi connectivity index (χ2v) is 5.37. The largest absolute Gasteiger partial charge is 0.348 e. The van der Waals surface area contributed by atoms with Gasteiger partial charge >= 0.3 is 0 Å². The molecule has 1 N–H and O–H groups in total. The quantitative estimate of drug-likeness (QED) is 0.791. The van der Waals surface area contributed by atoms with E-state index in [2.05, 4.69) is 27.1 Å². The fourth-order valence-corrected chi connectivity index (χ4v) is 2.52. The number of halogens is 1. The van der Waals surface area contributed by atoms with Crippen molar-refractivity contribution in [2.24, 2.45) is 5.92 Å². The number of rotatable bonds is 1. The van der Waals surface area contributed by atoms with Gasteiger partial charge < -0.3 is 10.2 Å². The number of carbonyl (C=O) groups is 1. The molecule has 0 saturated heterocycles. The average molecular weight is 267 g/mol. The molecule has 1 saturated carbocycles. The molecule has 1 aliphatic carbocycles. The lowest BCUT2D eigenvalue weighted by atomic mass is 10.0. The van der Waals surface area contributed by atoms with E-state index in [1.165, 1.54) is 0 Å². The van der Waals surface area contributed by atoms with Gasteiger partial charge in [0.15, 0.2) is 5.82 Å². The Kier molecular flexibility index (Phi) is 2.66. The predicted molar refractivity (Wildman–Crippen MR) is 69.8 cm³/mol. The number of amides is 1. The van der Waals surface area contributed by atoms with Crippen molar-refractivity contribution >= 4 is 29.0 Å². The lowest BCUT2D eigenvalue weighted by Crippen LogP contribution is -2.41. The highest BCUT2D eigenvalue weighted by atomic mass is 35.5. The van der Waals surface area contributed by atoms with Crippen LogP contribution in [-0.2, 0) is 4.79 Å². The number of hydrogen-bond donors (Lipinski definition) is 1. The molecule has 1 amide bonds. The highest BCUT2D eigenvalue weighted by Gasteiger charge is 2.40. The van der Waals surface area contributed by atoms with Gasteiger partial charge in [0.05, 0.1) is 12.1 Å². The topological polar surface area (TPSA) is 58.1 Å². The Bertz CT molecular complexity index is 503. The first-order valence-corrected chi connectivity index (χ1v) is 6.57. The van der Waals surface area contributed by atoms with Gasteiger partial charge in [0.1, 0.15) is 5.69 Å². The highest BCUT2D eigenvalue weighted by Crippen LogP contribution is 2.39. The van der Waals surface area contributed by atoms with Crippen molar-refractivity contribution in [3.05, 3.63) is 11.5 Å². The summed E-state index contributed by atoms with van der Waals surface area (Å²) in [5.74, 6) is 0.680. The Balaban J connectivity index is 2.11. The van der Waals surface area contributed by atoms with Gasteiger partial charge in [-0.15, -0.1) is 0 Å². The molecule has 0 aromatic carbocycles. The summed E-state index contributed by atoms with van der Waals surface area (Å²) in [5, 5.41) is 3.10. The minimum atomic E-state index is -0.0847. The first kappa shape index (κ1) is 11.7. The third-order valence-electron chi connectivity index (χ3n) is 3.76. The Hall–Kier alpha value is -1.36. The van der Waals surface area contributed by atoms with Crippen molar-refractivity contribution < 1.29 is 4.79 Å². The minimum Gasteiger partial charge on any atom is -0.348 e. The van der Waals surface area contributed by atoms with Crippen LogP contribution >= 0.6 is 11.6 Å². The van der Waals surface area contributed by atoms with Crippen LogP contribution in [0.4, 0.5) is 11.5 Å². The van der Waals surface area contributed by atoms with Crippen molar-refractivity contribution in [3.63, 3.8) is 0 Å². The van der Waals surface area contributed by atoms with E-state index in [1.807, 2.05) is 6.92 Å². The van der Waals surface area contributed by atoms with Gasteiger partial charge in [-0.05, 0) is 31.4 Å². The molecule has 5 nitrogen and oxygen atoms in total. The molecule has 1 aromatic heterocycles. The summed E-state index contributed by atoms with van der Waals surface area (Å²) in [4.78, 5) is 22.5. The summed E-state index contributed by atoms with van der Waals surface area (Å²) < 4.78 is 0. The average Bonchev–Trinajstić information content (AvgIpc) is 3.15. The maximum atomic E-state index is 12.0. The second-order valence-electron chi connectivity index (χ2n) is 5.03. The molecule has 2 heterocycles. The van der Waals surface area contributed by atoms with Gasteiger partial charge in [-0.1, -0.05) is 6.92 Å². The van der Waals surface area contributed by atoms with Crippen LogP contribution in [-0.4, -0.2) is 28.0 Å². The van der Waals surface area contributed by atoms with E-state index in [-0.39, 0.29) is 23.2 Å². The summed E-state index contributed by atoms with van der Waals surface area (Å²) in [7, 11) is 0. The predicted octanol–water partition coefficient (Wildman–Crippen LogP) is 2.08.